The molecule has 1 N–H and O–H groups in total. The highest BCUT2D eigenvalue weighted by Crippen LogP contribution is 2.21. The Kier molecular flexibility index (Phi) is 5.31. The standard InChI is InChI=1S/C14H20Cl2N2/c1-2-5-18(14-3-4-17-9-14)10-11-6-12(15)8-13(16)7-11/h6-8,14,17H,2-5,9-10H2,1H3. The molecule has 1 atom stereocenters. The van der Waals surface area contributed by atoms with Crippen molar-refractivity contribution >= 4 is 23.2 Å². The molecule has 18 heavy (non-hydrogen) atoms. The smallest absolute Gasteiger partial charge is 0.0424 e. The molecule has 1 aliphatic rings. The van der Waals surface area contributed by atoms with E-state index in [4.69, 9.17) is 23.2 Å². The molecule has 1 aliphatic heterocycles. The average molecular weight is 287 g/mol. The zero-order chi connectivity index (χ0) is 13.0. The summed E-state index contributed by atoms with van der Waals surface area (Å²) in [7, 11) is 0. The molecule has 0 saturated carbocycles. The van der Waals surface area contributed by atoms with Gasteiger partial charge in [-0.3, -0.25) is 4.90 Å². The summed E-state index contributed by atoms with van der Waals surface area (Å²) in [5, 5.41) is 4.87. The molecule has 1 unspecified atom stereocenters. The Labute approximate surface area is 119 Å². The first kappa shape index (κ1) is 14.1. The van der Waals surface area contributed by atoms with Crippen LogP contribution in [0.5, 0.6) is 0 Å². The Morgan fingerprint density at radius 1 is 1.28 bits per heavy atom. The lowest BCUT2D eigenvalue weighted by Gasteiger charge is -2.28. The average Bonchev–Trinajstić information content (AvgIpc) is 2.80. The van der Waals surface area contributed by atoms with Crippen molar-refractivity contribution < 1.29 is 0 Å². The van der Waals surface area contributed by atoms with Gasteiger partial charge in [0.15, 0.2) is 0 Å². The van der Waals surface area contributed by atoms with Crippen LogP contribution in [0.4, 0.5) is 0 Å². The van der Waals surface area contributed by atoms with E-state index in [0.717, 1.165) is 36.2 Å². The normalized spacial score (nSPS) is 19.7. The van der Waals surface area contributed by atoms with Crippen molar-refractivity contribution in [2.24, 2.45) is 0 Å². The fraction of sp³-hybridized carbons (Fsp3) is 0.571. The van der Waals surface area contributed by atoms with Gasteiger partial charge in [-0.1, -0.05) is 30.1 Å². The van der Waals surface area contributed by atoms with Gasteiger partial charge in [0, 0.05) is 29.2 Å². The highest BCUT2D eigenvalue weighted by molar-refractivity contribution is 6.34. The van der Waals surface area contributed by atoms with Crippen molar-refractivity contribution in [2.45, 2.75) is 32.4 Å². The van der Waals surface area contributed by atoms with Crippen LogP contribution in [0.3, 0.4) is 0 Å². The minimum Gasteiger partial charge on any atom is -0.315 e. The molecule has 1 saturated heterocycles. The van der Waals surface area contributed by atoms with Crippen LogP contribution in [-0.4, -0.2) is 30.6 Å². The quantitative estimate of drug-likeness (QED) is 0.890. The first-order chi connectivity index (χ1) is 8.69. The maximum Gasteiger partial charge on any atom is 0.0424 e. The zero-order valence-electron chi connectivity index (χ0n) is 10.8. The molecule has 0 bridgehead atoms. The molecule has 2 nitrogen and oxygen atoms in total. The van der Waals surface area contributed by atoms with Crippen LogP contribution in [0, 0.1) is 0 Å². The van der Waals surface area contributed by atoms with Crippen LogP contribution in [0.1, 0.15) is 25.3 Å². The molecule has 100 valence electrons. The number of nitrogens with zero attached hydrogens (tertiary/aromatic N) is 1. The van der Waals surface area contributed by atoms with Gasteiger partial charge in [-0.2, -0.15) is 0 Å². The van der Waals surface area contributed by atoms with Gasteiger partial charge >= 0.3 is 0 Å². The van der Waals surface area contributed by atoms with Gasteiger partial charge in [0.25, 0.3) is 0 Å². The van der Waals surface area contributed by atoms with Gasteiger partial charge in [-0.25, -0.2) is 0 Å². The summed E-state index contributed by atoms with van der Waals surface area (Å²) in [5.74, 6) is 0. The van der Waals surface area contributed by atoms with Crippen LogP contribution in [-0.2, 0) is 6.54 Å². The zero-order valence-corrected chi connectivity index (χ0v) is 12.3. The van der Waals surface area contributed by atoms with E-state index >= 15 is 0 Å². The van der Waals surface area contributed by atoms with Crippen molar-refractivity contribution in [3.05, 3.63) is 33.8 Å². The summed E-state index contributed by atoms with van der Waals surface area (Å²) < 4.78 is 0. The van der Waals surface area contributed by atoms with Gasteiger partial charge in [0.2, 0.25) is 0 Å². The molecule has 1 aromatic rings. The lowest BCUT2D eigenvalue weighted by molar-refractivity contribution is 0.199. The first-order valence-electron chi connectivity index (χ1n) is 6.58. The van der Waals surface area contributed by atoms with Crippen molar-refractivity contribution in [1.29, 1.82) is 0 Å². The van der Waals surface area contributed by atoms with Crippen LogP contribution in [0.2, 0.25) is 10.0 Å². The molecule has 0 aromatic heterocycles. The third-order valence-electron chi connectivity index (χ3n) is 3.37. The van der Waals surface area contributed by atoms with Crippen LogP contribution < -0.4 is 5.32 Å². The Hall–Kier alpha value is -0.280. The Bertz CT molecular complexity index is 369. The van der Waals surface area contributed by atoms with E-state index in [0.29, 0.717) is 6.04 Å². The van der Waals surface area contributed by atoms with E-state index in [2.05, 4.69) is 17.1 Å². The Morgan fingerprint density at radius 2 is 2.00 bits per heavy atom. The minimum atomic E-state index is 0.641. The second kappa shape index (κ2) is 6.76. The van der Waals surface area contributed by atoms with Gasteiger partial charge in [0.1, 0.15) is 0 Å². The maximum absolute atomic E-state index is 6.06. The second-order valence-electron chi connectivity index (χ2n) is 4.89. The molecule has 0 aliphatic carbocycles. The highest BCUT2D eigenvalue weighted by atomic mass is 35.5. The lowest BCUT2D eigenvalue weighted by Crippen LogP contribution is -2.36. The van der Waals surface area contributed by atoms with E-state index < -0.39 is 0 Å². The largest absolute Gasteiger partial charge is 0.315 e. The predicted molar refractivity (Wildman–Crippen MR) is 78.4 cm³/mol. The van der Waals surface area contributed by atoms with Gasteiger partial charge in [0.05, 0.1) is 0 Å². The third kappa shape index (κ3) is 3.86. The van der Waals surface area contributed by atoms with E-state index in [-0.39, 0.29) is 0 Å². The highest BCUT2D eigenvalue weighted by Gasteiger charge is 2.21. The van der Waals surface area contributed by atoms with E-state index in [1.807, 2.05) is 12.1 Å². The van der Waals surface area contributed by atoms with Gasteiger partial charge in [-0.15, -0.1) is 0 Å². The summed E-state index contributed by atoms with van der Waals surface area (Å²) in [6, 6.07) is 6.45. The number of rotatable bonds is 5. The summed E-state index contributed by atoms with van der Waals surface area (Å²) in [6.07, 6.45) is 2.40. The number of hydrogen-bond donors (Lipinski definition) is 1. The van der Waals surface area contributed by atoms with E-state index in [1.54, 1.807) is 6.07 Å². The molecular formula is C14H20Cl2N2. The van der Waals surface area contributed by atoms with E-state index in [9.17, 15) is 0 Å². The molecule has 0 radical (unpaired) electrons. The van der Waals surface area contributed by atoms with Crippen molar-refractivity contribution in [3.8, 4) is 0 Å². The van der Waals surface area contributed by atoms with E-state index in [1.165, 1.54) is 18.4 Å². The predicted octanol–water partition coefficient (Wildman–Crippen LogP) is 3.57. The monoisotopic (exact) mass is 286 g/mol. The minimum absolute atomic E-state index is 0.641. The molecule has 1 heterocycles. The summed E-state index contributed by atoms with van der Waals surface area (Å²) >= 11 is 12.1. The van der Waals surface area contributed by atoms with Crippen molar-refractivity contribution in [1.82, 2.24) is 10.2 Å². The SMILES string of the molecule is CCCN(Cc1cc(Cl)cc(Cl)c1)C1CCNC1. The third-order valence-corrected chi connectivity index (χ3v) is 3.81. The molecule has 0 amide bonds. The molecule has 1 aromatic carbocycles. The van der Waals surface area contributed by atoms with Crippen LogP contribution >= 0.6 is 23.2 Å². The second-order valence-corrected chi connectivity index (χ2v) is 5.77. The molecular weight excluding hydrogens is 267 g/mol. The summed E-state index contributed by atoms with van der Waals surface area (Å²) in [5.41, 5.74) is 1.20. The number of halogens is 2. The molecule has 2 rings (SSSR count). The van der Waals surface area contributed by atoms with Gasteiger partial charge in [-0.05, 0) is 49.7 Å². The fourth-order valence-electron chi connectivity index (χ4n) is 2.57. The van der Waals surface area contributed by atoms with Crippen LogP contribution in [0.15, 0.2) is 18.2 Å². The molecule has 4 heteroatoms. The first-order valence-corrected chi connectivity index (χ1v) is 7.34. The number of benzene rings is 1. The summed E-state index contributed by atoms with van der Waals surface area (Å²) in [6.45, 7) is 6.49. The van der Waals surface area contributed by atoms with Crippen molar-refractivity contribution in [2.75, 3.05) is 19.6 Å². The Balaban J connectivity index is 2.07. The number of nitrogens with one attached hydrogen (secondary N) is 1. The Morgan fingerprint density at radius 3 is 2.56 bits per heavy atom. The molecule has 1 fully saturated rings. The maximum atomic E-state index is 6.06. The lowest BCUT2D eigenvalue weighted by atomic mass is 10.1. The topological polar surface area (TPSA) is 15.3 Å². The van der Waals surface area contributed by atoms with Crippen LogP contribution in [0.25, 0.3) is 0 Å². The summed E-state index contributed by atoms with van der Waals surface area (Å²) in [4.78, 5) is 2.53. The fourth-order valence-corrected chi connectivity index (χ4v) is 3.14. The number of hydrogen-bond acceptors (Lipinski definition) is 2. The van der Waals surface area contributed by atoms with Gasteiger partial charge < -0.3 is 5.32 Å². The molecule has 0 spiro atoms. The van der Waals surface area contributed by atoms with Crippen molar-refractivity contribution in [3.63, 3.8) is 0 Å².